The smallest absolute Gasteiger partial charge is 0.114 e. The number of hydrogen-bond acceptors (Lipinski definition) is 4. The SMILES string of the molecule is C[C@H]1N(C)c2ccccc2-c2ccccc2N1c1cc(C2CCC3CN2[C@H](C)N3c2cccn2C)cn1C. The Bertz CT molecular complexity index is 1480. The highest BCUT2D eigenvalue weighted by Crippen LogP contribution is 2.47. The molecule has 2 bridgehead atoms. The first-order chi connectivity index (χ1) is 18.4. The van der Waals surface area contributed by atoms with Crippen LogP contribution in [0.3, 0.4) is 0 Å². The maximum atomic E-state index is 2.72. The van der Waals surface area contributed by atoms with E-state index in [4.69, 9.17) is 0 Å². The van der Waals surface area contributed by atoms with Crippen LogP contribution >= 0.6 is 0 Å². The van der Waals surface area contributed by atoms with Gasteiger partial charge in [0.05, 0.1) is 11.9 Å². The molecule has 5 heterocycles. The van der Waals surface area contributed by atoms with Gasteiger partial charge in [0.1, 0.15) is 17.8 Å². The molecule has 6 nitrogen and oxygen atoms in total. The van der Waals surface area contributed by atoms with E-state index in [2.05, 4.69) is 143 Å². The lowest BCUT2D eigenvalue weighted by atomic mass is 9.96. The predicted octanol–water partition coefficient (Wildman–Crippen LogP) is 6.34. The minimum absolute atomic E-state index is 0.163. The number of para-hydroxylation sites is 2. The van der Waals surface area contributed by atoms with Crippen molar-refractivity contribution in [3.63, 3.8) is 0 Å². The van der Waals surface area contributed by atoms with E-state index in [-0.39, 0.29) is 6.17 Å². The van der Waals surface area contributed by atoms with Gasteiger partial charge in [0, 0.05) is 69.0 Å². The summed E-state index contributed by atoms with van der Waals surface area (Å²) in [5.41, 5.74) is 6.54. The fourth-order valence-electron chi connectivity index (χ4n) is 7.35. The lowest BCUT2D eigenvalue weighted by molar-refractivity contribution is 0.160. The van der Waals surface area contributed by atoms with Crippen molar-refractivity contribution in [2.75, 3.05) is 28.3 Å². The molecular weight excluding hydrogens is 468 g/mol. The molecule has 38 heavy (non-hydrogen) atoms. The van der Waals surface area contributed by atoms with Crippen LogP contribution in [0.25, 0.3) is 11.1 Å². The van der Waals surface area contributed by atoms with Crippen LogP contribution in [0.1, 0.15) is 38.3 Å². The first-order valence-electron chi connectivity index (χ1n) is 14.0. The number of fused-ring (bicyclic) bond motifs is 5. The average Bonchev–Trinajstić information content (AvgIpc) is 3.58. The Morgan fingerprint density at radius 2 is 1.42 bits per heavy atom. The second kappa shape index (κ2) is 8.70. The molecule has 0 spiro atoms. The van der Waals surface area contributed by atoms with Gasteiger partial charge in [-0.3, -0.25) is 4.90 Å². The third-order valence-corrected chi connectivity index (χ3v) is 9.36. The Morgan fingerprint density at radius 1 is 0.711 bits per heavy atom. The van der Waals surface area contributed by atoms with E-state index in [1.807, 2.05) is 0 Å². The minimum Gasteiger partial charge on any atom is -0.354 e. The highest BCUT2D eigenvalue weighted by Gasteiger charge is 2.45. The molecule has 2 saturated heterocycles. The molecule has 0 amide bonds. The summed E-state index contributed by atoms with van der Waals surface area (Å²) in [7, 11) is 6.59. The van der Waals surface area contributed by atoms with Crippen molar-refractivity contribution in [1.29, 1.82) is 0 Å². The maximum absolute atomic E-state index is 2.72. The Morgan fingerprint density at radius 3 is 2.16 bits per heavy atom. The summed E-state index contributed by atoms with van der Waals surface area (Å²) >= 11 is 0. The van der Waals surface area contributed by atoms with Crippen molar-refractivity contribution in [2.24, 2.45) is 14.1 Å². The minimum atomic E-state index is 0.163. The van der Waals surface area contributed by atoms with Gasteiger partial charge in [0.2, 0.25) is 0 Å². The van der Waals surface area contributed by atoms with Crippen molar-refractivity contribution in [1.82, 2.24) is 14.0 Å². The van der Waals surface area contributed by atoms with Gasteiger partial charge in [-0.15, -0.1) is 0 Å². The number of piperidine rings is 1. The quantitative estimate of drug-likeness (QED) is 0.324. The average molecular weight is 507 g/mol. The summed E-state index contributed by atoms with van der Waals surface area (Å²) in [5.74, 6) is 2.57. The maximum Gasteiger partial charge on any atom is 0.114 e. The number of hydrogen-bond donors (Lipinski definition) is 0. The molecule has 4 aromatic rings. The number of aromatic nitrogens is 2. The Kier molecular flexibility index (Phi) is 5.38. The van der Waals surface area contributed by atoms with Gasteiger partial charge in [0.15, 0.2) is 0 Å². The number of rotatable bonds is 3. The lowest BCUT2D eigenvalue weighted by Gasteiger charge is -2.36. The Labute approximate surface area is 226 Å². The van der Waals surface area contributed by atoms with Crippen LogP contribution in [0.5, 0.6) is 0 Å². The third kappa shape index (κ3) is 3.36. The molecule has 0 radical (unpaired) electrons. The number of nitrogens with zero attached hydrogens (tertiary/aromatic N) is 6. The van der Waals surface area contributed by atoms with Gasteiger partial charge >= 0.3 is 0 Å². The van der Waals surface area contributed by atoms with Crippen molar-refractivity contribution < 1.29 is 0 Å². The van der Waals surface area contributed by atoms with Crippen molar-refractivity contribution in [3.8, 4) is 11.1 Å². The second-order valence-corrected chi connectivity index (χ2v) is 11.3. The summed E-state index contributed by atoms with van der Waals surface area (Å²) in [4.78, 5) is 10.3. The van der Waals surface area contributed by atoms with Gasteiger partial charge < -0.3 is 23.8 Å². The zero-order chi connectivity index (χ0) is 26.1. The summed E-state index contributed by atoms with van der Waals surface area (Å²) in [6.07, 6.45) is 7.50. The van der Waals surface area contributed by atoms with Crippen LogP contribution in [0.15, 0.2) is 79.1 Å². The zero-order valence-corrected chi connectivity index (χ0v) is 23.1. The summed E-state index contributed by atoms with van der Waals surface area (Å²) in [6.45, 7) is 5.83. The van der Waals surface area contributed by atoms with Crippen molar-refractivity contribution in [3.05, 3.63) is 84.7 Å². The van der Waals surface area contributed by atoms with Gasteiger partial charge in [-0.25, -0.2) is 0 Å². The van der Waals surface area contributed by atoms with E-state index < -0.39 is 0 Å². The van der Waals surface area contributed by atoms with Crippen LogP contribution in [0.2, 0.25) is 0 Å². The molecule has 3 aliphatic heterocycles. The molecule has 3 aliphatic rings. The number of benzene rings is 2. The van der Waals surface area contributed by atoms with Crippen LogP contribution in [0, 0.1) is 0 Å². The zero-order valence-electron chi connectivity index (χ0n) is 23.1. The van der Waals surface area contributed by atoms with Crippen LogP contribution in [-0.2, 0) is 14.1 Å². The topological polar surface area (TPSA) is 22.8 Å². The second-order valence-electron chi connectivity index (χ2n) is 11.3. The summed E-state index contributed by atoms with van der Waals surface area (Å²) < 4.78 is 4.61. The van der Waals surface area contributed by atoms with Gasteiger partial charge in [-0.1, -0.05) is 36.4 Å². The Hall–Kier alpha value is -3.64. The molecule has 2 aromatic heterocycles. The molecule has 196 valence electrons. The van der Waals surface area contributed by atoms with Crippen molar-refractivity contribution >= 4 is 23.0 Å². The van der Waals surface area contributed by atoms with E-state index in [9.17, 15) is 0 Å². The summed E-state index contributed by atoms with van der Waals surface area (Å²) in [5, 5.41) is 0. The van der Waals surface area contributed by atoms with Gasteiger partial charge in [0.25, 0.3) is 0 Å². The standard InChI is InChI=1S/C32H38N6/c1-22-35(5)29-13-8-6-11-26(29)27-12-7-9-14-30(27)38(22)32-19-24(20-34(32)4)28-17-16-25-21-36(28)23(2)37(25)31-15-10-18-33(31)3/h6-15,18-20,22-23,25,28H,16-17,21H2,1-5H3/t22-,23-,25?,28?/m0/s1. The van der Waals surface area contributed by atoms with Crippen LogP contribution < -0.4 is 14.7 Å². The molecule has 0 N–H and O–H groups in total. The Balaban J connectivity index is 1.27. The van der Waals surface area contributed by atoms with E-state index in [0.29, 0.717) is 18.2 Å². The van der Waals surface area contributed by atoms with Crippen molar-refractivity contribution in [2.45, 2.75) is 51.1 Å². The molecule has 5 atom stereocenters. The third-order valence-electron chi connectivity index (χ3n) is 9.36. The van der Waals surface area contributed by atoms with Gasteiger partial charge in [-0.2, -0.15) is 0 Å². The lowest BCUT2D eigenvalue weighted by Crippen LogP contribution is -2.42. The molecule has 3 unspecified atom stereocenters. The van der Waals surface area contributed by atoms with Crippen LogP contribution in [0.4, 0.5) is 23.0 Å². The molecule has 0 saturated carbocycles. The fraction of sp³-hybridized carbons (Fsp3) is 0.375. The first kappa shape index (κ1) is 23.5. The molecule has 7 rings (SSSR count). The van der Waals surface area contributed by atoms with Crippen LogP contribution in [-0.4, -0.2) is 46.0 Å². The predicted molar refractivity (Wildman–Crippen MR) is 157 cm³/mol. The normalized spacial score (nSPS) is 26.3. The fourth-order valence-corrected chi connectivity index (χ4v) is 7.35. The highest BCUT2D eigenvalue weighted by molar-refractivity contribution is 5.91. The first-order valence-corrected chi connectivity index (χ1v) is 14.0. The number of anilines is 4. The molecule has 6 heteroatoms. The molecule has 2 fully saturated rings. The van der Waals surface area contributed by atoms with E-state index in [1.165, 1.54) is 52.5 Å². The van der Waals surface area contributed by atoms with E-state index in [0.717, 1.165) is 6.54 Å². The van der Waals surface area contributed by atoms with E-state index in [1.54, 1.807) is 0 Å². The monoisotopic (exact) mass is 506 g/mol. The largest absolute Gasteiger partial charge is 0.354 e. The highest BCUT2D eigenvalue weighted by atomic mass is 15.5. The number of aryl methyl sites for hydroxylation is 2. The molecule has 2 aromatic carbocycles. The summed E-state index contributed by atoms with van der Waals surface area (Å²) in [6, 6.07) is 25.6. The molecule has 0 aliphatic carbocycles. The van der Waals surface area contributed by atoms with E-state index >= 15 is 0 Å². The van der Waals surface area contributed by atoms with Gasteiger partial charge in [-0.05, 0) is 62.6 Å². The molecular formula is C32H38N6.